The average Bonchev–Trinajstić information content (AvgIpc) is 2.63. The fraction of sp³-hybridized carbons (Fsp3) is 0.250. The standard InChI is InChI=1S/2C4H5NS.K/c2*1-4-2-6-3-5-4;/h2*2-3H,1H3;. The van der Waals surface area contributed by atoms with Crippen molar-refractivity contribution in [3.63, 3.8) is 0 Å². The van der Waals surface area contributed by atoms with E-state index in [1.165, 1.54) is 0 Å². The summed E-state index contributed by atoms with van der Waals surface area (Å²) in [5.74, 6) is 0. The zero-order chi connectivity index (χ0) is 8.81. The van der Waals surface area contributed by atoms with Crippen LogP contribution in [0.3, 0.4) is 0 Å². The molecule has 0 aliphatic rings. The Morgan fingerprint density at radius 2 is 1.31 bits per heavy atom. The summed E-state index contributed by atoms with van der Waals surface area (Å²) in [7, 11) is 0. The maximum absolute atomic E-state index is 3.94. The molecule has 0 unspecified atom stereocenters. The van der Waals surface area contributed by atoms with Crippen molar-refractivity contribution in [3.8, 4) is 0 Å². The van der Waals surface area contributed by atoms with Crippen LogP contribution in [0.15, 0.2) is 21.8 Å². The summed E-state index contributed by atoms with van der Waals surface area (Å²) >= 11 is 3.26. The molecule has 2 aromatic rings. The third kappa shape index (κ3) is 6.90. The maximum Gasteiger partial charge on any atom is 0.0794 e. The van der Waals surface area contributed by atoms with Gasteiger partial charge in [0.1, 0.15) is 0 Å². The minimum absolute atomic E-state index is 0. The molecule has 0 saturated carbocycles. The predicted molar refractivity (Wildman–Crippen MR) is 59.5 cm³/mol. The average molecular weight is 237 g/mol. The third-order valence-corrected chi connectivity index (χ3v) is 2.52. The largest absolute Gasteiger partial charge is 0.250 e. The molecule has 0 aliphatic carbocycles. The number of rotatable bonds is 0. The van der Waals surface area contributed by atoms with Gasteiger partial charge in [-0.05, 0) is 13.8 Å². The van der Waals surface area contributed by atoms with Gasteiger partial charge in [0.05, 0.1) is 11.0 Å². The van der Waals surface area contributed by atoms with Crippen LogP contribution < -0.4 is 0 Å². The van der Waals surface area contributed by atoms with E-state index in [0.29, 0.717) is 0 Å². The van der Waals surface area contributed by atoms with Crippen LogP contribution in [0.5, 0.6) is 0 Å². The summed E-state index contributed by atoms with van der Waals surface area (Å²) in [5, 5.41) is 4.03. The monoisotopic (exact) mass is 237 g/mol. The van der Waals surface area contributed by atoms with Gasteiger partial charge in [0.2, 0.25) is 0 Å². The molecule has 0 aromatic carbocycles. The minimum Gasteiger partial charge on any atom is -0.250 e. The van der Waals surface area contributed by atoms with Gasteiger partial charge in [0.15, 0.2) is 0 Å². The van der Waals surface area contributed by atoms with Gasteiger partial charge in [-0.3, -0.25) is 9.97 Å². The number of hydrogen-bond donors (Lipinski definition) is 0. The molecule has 0 saturated heterocycles. The number of nitrogens with zero attached hydrogens (tertiary/aromatic N) is 2. The van der Waals surface area contributed by atoms with Crippen LogP contribution in [-0.2, 0) is 0 Å². The molecule has 0 aliphatic heterocycles. The first kappa shape index (κ1) is 13.9. The Morgan fingerprint density at radius 1 is 0.923 bits per heavy atom. The van der Waals surface area contributed by atoms with Crippen molar-refractivity contribution < 1.29 is 0 Å². The molecule has 2 rings (SSSR count). The summed E-state index contributed by atoms with van der Waals surface area (Å²) < 4.78 is 0. The van der Waals surface area contributed by atoms with Crippen LogP contribution in [-0.4, -0.2) is 61.4 Å². The second-order valence-corrected chi connectivity index (χ2v) is 3.70. The second kappa shape index (κ2) is 8.22. The number of aromatic nitrogens is 2. The van der Waals surface area contributed by atoms with E-state index in [1.54, 1.807) is 22.7 Å². The van der Waals surface area contributed by atoms with Crippen molar-refractivity contribution in [1.82, 2.24) is 9.97 Å². The zero-order valence-electron chi connectivity index (χ0n) is 8.02. The fourth-order valence-corrected chi connectivity index (χ4v) is 1.64. The number of hydrogen-bond acceptors (Lipinski definition) is 4. The SMILES string of the molecule is Cc1cscn1.Cc1cscn1.[K]. The molecule has 0 spiro atoms. The van der Waals surface area contributed by atoms with Crippen molar-refractivity contribution in [2.75, 3.05) is 0 Å². The van der Waals surface area contributed by atoms with Crippen molar-refractivity contribution >= 4 is 74.1 Å². The van der Waals surface area contributed by atoms with Crippen molar-refractivity contribution in [1.29, 1.82) is 0 Å². The first-order chi connectivity index (χ1) is 5.79. The van der Waals surface area contributed by atoms with E-state index in [-0.39, 0.29) is 51.4 Å². The molecule has 0 bridgehead atoms. The molecule has 1 radical (unpaired) electrons. The predicted octanol–water partition coefficient (Wildman–Crippen LogP) is 2.52. The summed E-state index contributed by atoms with van der Waals surface area (Å²) in [5.41, 5.74) is 5.88. The molecule has 0 N–H and O–H groups in total. The van der Waals surface area contributed by atoms with E-state index in [9.17, 15) is 0 Å². The van der Waals surface area contributed by atoms with Crippen LogP contribution in [0.1, 0.15) is 11.4 Å². The van der Waals surface area contributed by atoms with E-state index in [0.717, 1.165) is 11.4 Å². The van der Waals surface area contributed by atoms with Crippen LogP contribution in [0.25, 0.3) is 0 Å². The first-order valence-electron chi connectivity index (χ1n) is 3.48. The Labute approximate surface area is 129 Å². The molecule has 0 fully saturated rings. The Hall–Kier alpha value is 0.896. The van der Waals surface area contributed by atoms with Crippen LogP contribution in [0, 0.1) is 13.8 Å². The molecule has 0 amide bonds. The zero-order valence-corrected chi connectivity index (χ0v) is 12.8. The smallest absolute Gasteiger partial charge is 0.0794 e. The van der Waals surface area contributed by atoms with Crippen molar-refractivity contribution in [2.45, 2.75) is 13.8 Å². The third-order valence-electron chi connectivity index (χ3n) is 1.11. The Balaban J connectivity index is 0.000000206. The second-order valence-electron chi connectivity index (χ2n) is 2.26. The number of thiazole rings is 2. The molecule has 0 atom stereocenters. The molecule has 5 heteroatoms. The van der Waals surface area contributed by atoms with Gasteiger partial charge in [0, 0.05) is 73.5 Å². The summed E-state index contributed by atoms with van der Waals surface area (Å²) in [6.45, 7) is 3.97. The Kier molecular flexibility index (Phi) is 8.79. The van der Waals surface area contributed by atoms with Crippen LogP contribution >= 0.6 is 22.7 Å². The van der Waals surface area contributed by atoms with Gasteiger partial charge < -0.3 is 0 Å². The maximum atomic E-state index is 3.94. The molecular formula is C8H10KN2S2. The van der Waals surface area contributed by atoms with Gasteiger partial charge in [-0.2, -0.15) is 0 Å². The van der Waals surface area contributed by atoms with E-state index in [2.05, 4.69) is 9.97 Å². The molecule has 2 nitrogen and oxygen atoms in total. The van der Waals surface area contributed by atoms with E-state index >= 15 is 0 Å². The normalized spacial score (nSPS) is 8.15. The van der Waals surface area contributed by atoms with E-state index in [4.69, 9.17) is 0 Å². The minimum atomic E-state index is 0. The van der Waals surface area contributed by atoms with E-state index in [1.807, 2.05) is 35.6 Å². The molecule has 13 heavy (non-hydrogen) atoms. The number of aryl methyl sites for hydroxylation is 2. The van der Waals surface area contributed by atoms with Crippen LogP contribution in [0.2, 0.25) is 0 Å². The molecule has 65 valence electrons. The Bertz CT molecular complexity index is 260. The Morgan fingerprint density at radius 3 is 1.38 bits per heavy atom. The quantitative estimate of drug-likeness (QED) is 0.658. The van der Waals surface area contributed by atoms with Gasteiger partial charge in [0.25, 0.3) is 0 Å². The fourth-order valence-electron chi connectivity index (χ4n) is 0.546. The topological polar surface area (TPSA) is 25.8 Å². The molecular weight excluding hydrogens is 227 g/mol. The van der Waals surface area contributed by atoms with Gasteiger partial charge >= 0.3 is 0 Å². The van der Waals surface area contributed by atoms with E-state index < -0.39 is 0 Å². The van der Waals surface area contributed by atoms with Crippen molar-refractivity contribution in [2.24, 2.45) is 0 Å². The summed E-state index contributed by atoms with van der Waals surface area (Å²) in [6.07, 6.45) is 0. The van der Waals surface area contributed by atoms with Crippen LogP contribution in [0.4, 0.5) is 0 Å². The summed E-state index contributed by atoms with van der Waals surface area (Å²) in [4.78, 5) is 7.87. The molecule has 2 heterocycles. The van der Waals surface area contributed by atoms with Crippen molar-refractivity contribution in [3.05, 3.63) is 33.2 Å². The summed E-state index contributed by atoms with van der Waals surface area (Å²) in [6, 6.07) is 0. The molecule has 2 aromatic heterocycles. The first-order valence-corrected chi connectivity index (χ1v) is 5.37. The van der Waals surface area contributed by atoms with Gasteiger partial charge in [-0.15, -0.1) is 22.7 Å². The van der Waals surface area contributed by atoms with Gasteiger partial charge in [-0.1, -0.05) is 0 Å². The van der Waals surface area contributed by atoms with Gasteiger partial charge in [-0.25, -0.2) is 0 Å².